The number of nitrogens with one attached hydrogen (secondary N) is 1. The summed E-state index contributed by atoms with van der Waals surface area (Å²) in [4.78, 5) is 38.2. The molecule has 1 unspecified atom stereocenters. The maximum absolute atomic E-state index is 13.0. The average Bonchev–Trinajstić information content (AvgIpc) is 3.35. The fraction of sp³-hybridized carbons (Fsp3) is 0.400. The first kappa shape index (κ1) is 22.8. The van der Waals surface area contributed by atoms with Gasteiger partial charge in [0.15, 0.2) is 5.60 Å². The minimum absolute atomic E-state index is 0.0518. The lowest BCUT2D eigenvalue weighted by molar-refractivity contribution is -0.157. The van der Waals surface area contributed by atoms with Gasteiger partial charge in [-0.2, -0.15) is 0 Å². The van der Waals surface area contributed by atoms with Crippen LogP contribution in [-0.2, 0) is 14.3 Å². The number of alkyl carbamates (subject to hydrolysis) is 1. The zero-order chi connectivity index (χ0) is 23.8. The first-order valence-electron chi connectivity index (χ1n) is 11.1. The van der Waals surface area contributed by atoms with Gasteiger partial charge in [-0.3, -0.25) is 4.79 Å². The Kier molecular flexibility index (Phi) is 6.12. The molecule has 174 valence electrons. The third kappa shape index (κ3) is 4.30. The molecular weight excluding hydrogens is 424 g/mol. The van der Waals surface area contributed by atoms with Gasteiger partial charge >= 0.3 is 12.1 Å². The molecule has 0 spiro atoms. The van der Waals surface area contributed by atoms with Crippen LogP contribution in [0.4, 0.5) is 4.79 Å². The van der Waals surface area contributed by atoms with Crippen LogP contribution in [0, 0.1) is 5.92 Å². The summed E-state index contributed by atoms with van der Waals surface area (Å²) in [6.45, 7) is 3.49. The maximum atomic E-state index is 13.0. The van der Waals surface area contributed by atoms with Crippen LogP contribution in [0.15, 0.2) is 48.5 Å². The normalized spacial score (nSPS) is 20.3. The largest absolute Gasteiger partial charge is 0.479 e. The summed E-state index contributed by atoms with van der Waals surface area (Å²) in [5.41, 5.74) is 2.47. The number of ether oxygens (including phenoxy) is 1. The summed E-state index contributed by atoms with van der Waals surface area (Å²) in [7, 11) is 0. The van der Waals surface area contributed by atoms with E-state index in [2.05, 4.69) is 17.4 Å². The Hall–Kier alpha value is -3.39. The van der Waals surface area contributed by atoms with Gasteiger partial charge in [-0.05, 0) is 28.2 Å². The molecule has 2 aromatic carbocycles. The Bertz CT molecular complexity index is 1040. The minimum Gasteiger partial charge on any atom is -0.479 e. The van der Waals surface area contributed by atoms with Crippen LogP contribution < -0.4 is 5.32 Å². The molecule has 33 heavy (non-hydrogen) atoms. The highest BCUT2D eigenvalue weighted by molar-refractivity contribution is 5.88. The summed E-state index contributed by atoms with van der Waals surface area (Å²) in [6.07, 6.45) is -0.763. The molecule has 4 rings (SSSR count). The van der Waals surface area contributed by atoms with Gasteiger partial charge in [-0.1, -0.05) is 62.4 Å². The number of carbonyl (C=O) groups excluding carboxylic acids is 2. The SMILES string of the molecule is CC(C)[C@H](NC(=O)OCC1c2ccccc2-c2ccccc21)C(=O)N1CCC(O)(C(=O)O)C1. The van der Waals surface area contributed by atoms with Crippen molar-refractivity contribution >= 4 is 18.0 Å². The van der Waals surface area contributed by atoms with Gasteiger partial charge in [0.25, 0.3) is 0 Å². The Morgan fingerprint density at radius 3 is 2.18 bits per heavy atom. The molecule has 2 aliphatic rings. The number of carboxylic acids is 1. The number of nitrogens with zero attached hydrogens (tertiary/aromatic N) is 1. The molecule has 0 radical (unpaired) electrons. The van der Waals surface area contributed by atoms with Gasteiger partial charge in [-0.25, -0.2) is 9.59 Å². The van der Waals surface area contributed by atoms with E-state index in [1.54, 1.807) is 13.8 Å². The molecule has 1 heterocycles. The van der Waals surface area contributed by atoms with E-state index in [0.29, 0.717) is 0 Å². The van der Waals surface area contributed by atoms with Gasteiger partial charge in [-0.15, -0.1) is 0 Å². The Labute approximate surface area is 192 Å². The Balaban J connectivity index is 1.42. The number of carboxylic acid groups (broad SMARTS) is 1. The molecule has 0 bridgehead atoms. The third-order valence-electron chi connectivity index (χ3n) is 6.51. The molecule has 2 amide bonds. The summed E-state index contributed by atoms with van der Waals surface area (Å²) in [5.74, 6) is -2.14. The van der Waals surface area contributed by atoms with E-state index in [1.165, 1.54) is 4.90 Å². The van der Waals surface area contributed by atoms with Crippen LogP contribution in [-0.4, -0.2) is 64.4 Å². The van der Waals surface area contributed by atoms with Crippen LogP contribution in [0.2, 0.25) is 0 Å². The van der Waals surface area contributed by atoms with Crippen molar-refractivity contribution in [3.63, 3.8) is 0 Å². The summed E-state index contributed by atoms with van der Waals surface area (Å²) >= 11 is 0. The molecule has 0 aromatic heterocycles. The molecular formula is C25H28N2O6. The van der Waals surface area contributed by atoms with E-state index in [9.17, 15) is 24.6 Å². The second-order valence-electron chi connectivity index (χ2n) is 9.04. The van der Waals surface area contributed by atoms with Crippen molar-refractivity contribution in [1.29, 1.82) is 0 Å². The van der Waals surface area contributed by atoms with Crippen molar-refractivity contribution < 1.29 is 29.3 Å². The van der Waals surface area contributed by atoms with Crippen molar-refractivity contribution in [2.45, 2.75) is 37.8 Å². The van der Waals surface area contributed by atoms with Gasteiger partial charge in [0.2, 0.25) is 5.91 Å². The minimum atomic E-state index is -1.96. The predicted molar refractivity (Wildman–Crippen MR) is 121 cm³/mol. The molecule has 8 nitrogen and oxygen atoms in total. The number of amides is 2. The van der Waals surface area contributed by atoms with Gasteiger partial charge in [0.05, 0.1) is 6.54 Å². The van der Waals surface area contributed by atoms with E-state index in [0.717, 1.165) is 22.3 Å². The number of rotatable bonds is 6. The lowest BCUT2D eigenvalue weighted by atomic mass is 9.98. The van der Waals surface area contributed by atoms with Crippen molar-refractivity contribution in [2.75, 3.05) is 19.7 Å². The van der Waals surface area contributed by atoms with E-state index in [4.69, 9.17) is 4.74 Å². The zero-order valence-electron chi connectivity index (χ0n) is 18.7. The zero-order valence-corrected chi connectivity index (χ0v) is 18.7. The number of aliphatic carboxylic acids is 1. The molecule has 8 heteroatoms. The van der Waals surface area contributed by atoms with Crippen LogP contribution in [0.5, 0.6) is 0 Å². The molecule has 1 fully saturated rings. The number of aliphatic hydroxyl groups is 1. The molecule has 1 saturated heterocycles. The van der Waals surface area contributed by atoms with Gasteiger partial charge < -0.3 is 25.2 Å². The second kappa shape index (κ2) is 8.86. The smallest absolute Gasteiger partial charge is 0.407 e. The molecule has 3 N–H and O–H groups in total. The second-order valence-corrected chi connectivity index (χ2v) is 9.04. The van der Waals surface area contributed by atoms with Crippen molar-refractivity contribution in [3.8, 4) is 11.1 Å². The van der Waals surface area contributed by atoms with E-state index in [-0.39, 0.29) is 38.0 Å². The van der Waals surface area contributed by atoms with E-state index in [1.807, 2.05) is 36.4 Å². The van der Waals surface area contributed by atoms with Crippen LogP contribution in [0.25, 0.3) is 11.1 Å². The monoisotopic (exact) mass is 452 g/mol. The van der Waals surface area contributed by atoms with Crippen molar-refractivity contribution in [2.24, 2.45) is 5.92 Å². The molecule has 1 aliphatic heterocycles. The van der Waals surface area contributed by atoms with E-state index >= 15 is 0 Å². The highest BCUT2D eigenvalue weighted by Gasteiger charge is 2.46. The van der Waals surface area contributed by atoms with Crippen LogP contribution >= 0.6 is 0 Å². The topological polar surface area (TPSA) is 116 Å². The lowest BCUT2D eigenvalue weighted by Gasteiger charge is -2.27. The maximum Gasteiger partial charge on any atom is 0.407 e. The highest BCUT2D eigenvalue weighted by Crippen LogP contribution is 2.44. The summed E-state index contributed by atoms with van der Waals surface area (Å²) in [6, 6.07) is 15.1. The van der Waals surface area contributed by atoms with E-state index < -0.39 is 29.6 Å². The summed E-state index contributed by atoms with van der Waals surface area (Å²) in [5, 5.41) is 22.0. The number of hydrogen-bond donors (Lipinski definition) is 3. The molecule has 2 aromatic rings. The van der Waals surface area contributed by atoms with Crippen LogP contribution in [0.3, 0.4) is 0 Å². The number of β-amino-alcohol motifs (C(OH)–C–C–N with tert-alkyl or cyclic N) is 1. The Morgan fingerprint density at radius 2 is 1.67 bits per heavy atom. The number of benzene rings is 2. The average molecular weight is 453 g/mol. The van der Waals surface area contributed by atoms with Gasteiger partial charge in [0.1, 0.15) is 12.6 Å². The third-order valence-corrected chi connectivity index (χ3v) is 6.51. The fourth-order valence-corrected chi connectivity index (χ4v) is 4.63. The highest BCUT2D eigenvalue weighted by atomic mass is 16.5. The lowest BCUT2D eigenvalue weighted by Crippen LogP contribution is -2.52. The molecule has 0 saturated carbocycles. The number of hydrogen-bond acceptors (Lipinski definition) is 5. The number of carbonyl (C=O) groups is 3. The first-order valence-corrected chi connectivity index (χ1v) is 11.1. The fourth-order valence-electron chi connectivity index (χ4n) is 4.63. The Morgan fingerprint density at radius 1 is 1.09 bits per heavy atom. The number of fused-ring (bicyclic) bond motifs is 3. The van der Waals surface area contributed by atoms with Crippen molar-refractivity contribution in [3.05, 3.63) is 59.7 Å². The van der Waals surface area contributed by atoms with Gasteiger partial charge in [0, 0.05) is 18.9 Å². The van der Waals surface area contributed by atoms with Crippen LogP contribution in [0.1, 0.15) is 37.3 Å². The molecule has 1 aliphatic carbocycles. The quantitative estimate of drug-likeness (QED) is 0.620. The predicted octanol–water partition coefficient (Wildman–Crippen LogP) is 2.60. The summed E-state index contributed by atoms with van der Waals surface area (Å²) < 4.78 is 5.55. The standard InChI is InChI=1S/C25H28N2O6/c1-15(2)21(22(28)27-12-11-25(32,14-27)23(29)30)26-24(31)33-13-20-18-9-5-3-7-16(18)17-8-4-6-10-19(17)20/h3-10,15,20-21,32H,11-14H2,1-2H3,(H,26,31)(H,29,30)/t21-,25?/m0/s1. The number of likely N-dealkylation sites (tertiary alicyclic amines) is 1. The van der Waals surface area contributed by atoms with Crippen molar-refractivity contribution in [1.82, 2.24) is 10.2 Å². The molecule has 2 atom stereocenters. The first-order chi connectivity index (χ1) is 15.7.